The topological polar surface area (TPSA) is 95.6 Å². The highest BCUT2D eigenvalue weighted by atomic mass is 32.2. The number of aryl methyl sites for hydroxylation is 1. The second kappa shape index (κ2) is 10.0. The molecule has 1 atom stereocenters. The van der Waals surface area contributed by atoms with Crippen molar-refractivity contribution in [3.63, 3.8) is 0 Å². The first-order valence-corrected chi connectivity index (χ1v) is 13.0. The van der Waals surface area contributed by atoms with Crippen LogP contribution in [0.2, 0.25) is 0 Å². The van der Waals surface area contributed by atoms with Crippen LogP contribution in [0.15, 0.2) is 71.6 Å². The number of nitrogens with one attached hydrogen (secondary N) is 2. The molecule has 0 spiro atoms. The number of hydrogen-bond acceptors (Lipinski definition) is 4. The fourth-order valence-corrected chi connectivity index (χ4v) is 5.52. The highest BCUT2D eigenvalue weighted by molar-refractivity contribution is 7.89. The SMILES string of the molecule is CC(=O)N1CCc2cc(S(=O)(=O)N[C@@H](Cc3ccccc3)C(=O)Nc3cccc(C)c3C)ccc21. The van der Waals surface area contributed by atoms with Gasteiger partial charge in [0.2, 0.25) is 21.8 Å². The summed E-state index contributed by atoms with van der Waals surface area (Å²) in [5, 5.41) is 2.90. The van der Waals surface area contributed by atoms with E-state index < -0.39 is 22.0 Å². The van der Waals surface area contributed by atoms with Crippen LogP contribution < -0.4 is 14.9 Å². The fourth-order valence-electron chi connectivity index (χ4n) is 4.27. The number of sulfonamides is 1. The van der Waals surface area contributed by atoms with Crippen molar-refractivity contribution in [1.82, 2.24) is 4.72 Å². The van der Waals surface area contributed by atoms with Crippen molar-refractivity contribution in [2.45, 2.75) is 44.6 Å². The van der Waals surface area contributed by atoms with Crippen LogP contribution in [0.25, 0.3) is 0 Å². The van der Waals surface area contributed by atoms with E-state index in [0.29, 0.717) is 18.7 Å². The van der Waals surface area contributed by atoms with E-state index in [1.807, 2.05) is 56.3 Å². The number of amides is 2. The summed E-state index contributed by atoms with van der Waals surface area (Å²) < 4.78 is 29.3. The van der Waals surface area contributed by atoms with Crippen LogP contribution in [-0.2, 0) is 32.5 Å². The van der Waals surface area contributed by atoms with Gasteiger partial charge in [0.1, 0.15) is 6.04 Å². The number of nitrogens with zero attached hydrogens (tertiary/aromatic N) is 1. The van der Waals surface area contributed by atoms with Gasteiger partial charge < -0.3 is 10.2 Å². The smallest absolute Gasteiger partial charge is 0.242 e. The molecule has 0 aliphatic carbocycles. The molecule has 35 heavy (non-hydrogen) atoms. The van der Waals surface area contributed by atoms with Gasteiger partial charge in [0.15, 0.2) is 0 Å². The number of hydrogen-bond donors (Lipinski definition) is 2. The lowest BCUT2D eigenvalue weighted by molar-refractivity contribution is -0.118. The Morgan fingerprint density at radius 1 is 1.00 bits per heavy atom. The molecule has 2 N–H and O–H groups in total. The molecule has 8 heteroatoms. The van der Waals surface area contributed by atoms with Crippen LogP contribution in [0.4, 0.5) is 11.4 Å². The van der Waals surface area contributed by atoms with Crippen molar-refractivity contribution < 1.29 is 18.0 Å². The molecule has 0 fully saturated rings. The number of anilines is 2. The lowest BCUT2D eigenvalue weighted by Crippen LogP contribution is -2.45. The number of fused-ring (bicyclic) bond motifs is 1. The van der Waals surface area contributed by atoms with Crippen LogP contribution in [0, 0.1) is 13.8 Å². The summed E-state index contributed by atoms with van der Waals surface area (Å²) in [5.74, 6) is -0.515. The maximum atomic E-state index is 13.4. The Bertz CT molecular complexity index is 1370. The van der Waals surface area contributed by atoms with Gasteiger partial charge in [-0.25, -0.2) is 8.42 Å². The highest BCUT2D eigenvalue weighted by Crippen LogP contribution is 2.30. The summed E-state index contributed by atoms with van der Waals surface area (Å²) in [4.78, 5) is 26.8. The maximum absolute atomic E-state index is 13.4. The first kappa shape index (κ1) is 24.6. The Balaban J connectivity index is 1.61. The molecular formula is C27H29N3O4S. The minimum absolute atomic E-state index is 0.0687. The van der Waals surface area contributed by atoms with Gasteiger partial charge in [0.05, 0.1) is 4.90 Å². The van der Waals surface area contributed by atoms with Gasteiger partial charge in [-0.05, 0) is 73.2 Å². The van der Waals surface area contributed by atoms with Gasteiger partial charge >= 0.3 is 0 Å². The fraction of sp³-hybridized carbons (Fsp3) is 0.259. The Kier molecular flexibility index (Phi) is 7.05. The number of benzene rings is 3. The summed E-state index contributed by atoms with van der Waals surface area (Å²) >= 11 is 0. The summed E-state index contributed by atoms with van der Waals surface area (Å²) in [5.41, 5.74) is 4.96. The Morgan fingerprint density at radius 2 is 1.74 bits per heavy atom. The van der Waals surface area contributed by atoms with Crippen molar-refractivity contribution in [3.05, 3.63) is 89.0 Å². The molecule has 0 unspecified atom stereocenters. The zero-order chi connectivity index (χ0) is 25.2. The van der Waals surface area contributed by atoms with E-state index in [1.54, 1.807) is 23.1 Å². The van der Waals surface area contributed by atoms with E-state index >= 15 is 0 Å². The monoisotopic (exact) mass is 491 g/mol. The van der Waals surface area contributed by atoms with E-state index in [1.165, 1.54) is 13.0 Å². The van der Waals surface area contributed by atoms with E-state index in [9.17, 15) is 18.0 Å². The number of carbonyl (C=O) groups is 2. The summed E-state index contributed by atoms with van der Waals surface area (Å²) in [6.45, 7) is 5.88. The second-order valence-corrected chi connectivity index (χ2v) is 10.5. The number of carbonyl (C=O) groups excluding carboxylic acids is 2. The molecule has 182 valence electrons. The minimum Gasteiger partial charge on any atom is -0.324 e. The van der Waals surface area contributed by atoms with Crippen LogP contribution in [0.3, 0.4) is 0 Å². The summed E-state index contributed by atoms with van der Waals surface area (Å²) in [6.07, 6.45) is 0.776. The molecule has 0 bridgehead atoms. The quantitative estimate of drug-likeness (QED) is 0.526. The number of rotatable bonds is 7. The van der Waals surface area contributed by atoms with E-state index in [-0.39, 0.29) is 17.2 Å². The van der Waals surface area contributed by atoms with E-state index in [4.69, 9.17) is 0 Å². The average Bonchev–Trinajstić information content (AvgIpc) is 3.26. The average molecular weight is 492 g/mol. The third-order valence-corrected chi connectivity index (χ3v) is 7.87. The molecule has 7 nitrogen and oxygen atoms in total. The highest BCUT2D eigenvalue weighted by Gasteiger charge is 2.29. The van der Waals surface area contributed by atoms with Gasteiger partial charge in [-0.15, -0.1) is 0 Å². The van der Waals surface area contributed by atoms with Crippen LogP contribution >= 0.6 is 0 Å². The van der Waals surface area contributed by atoms with Crippen molar-refractivity contribution in [3.8, 4) is 0 Å². The molecule has 1 aliphatic rings. The van der Waals surface area contributed by atoms with Crippen molar-refractivity contribution >= 4 is 33.2 Å². The minimum atomic E-state index is -4.01. The van der Waals surface area contributed by atoms with Gasteiger partial charge in [0, 0.05) is 24.8 Å². The van der Waals surface area contributed by atoms with Crippen molar-refractivity contribution in [1.29, 1.82) is 0 Å². The first-order chi connectivity index (χ1) is 16.7. The van der Waals surface area contributed by atoms with Gasteiger partial charge in [-0.3, -0.25) is 9.59 Å². The molecule has 3 aromatic carbocycles. The predicted octanol–water partition coefficient (Wildman–Crippen LogP) is 3.74. The lowest BCUT2D eigenvalue weighted by atomic mass is 10.0. The van der Waals surface area contributed by atoms with Gasteiger partial charge in [-0.1, -0.05) is 42.5 Å². The first-order valence-electron chi connectivity index (χ1n) is 11.5. The largest absolute Gasteiger partial charge is 0.324 e. The molecule has 0 aromatic heterocycles. The third kappa shape index (κ3) is 5.44. The standard InChI is InChI=1S/C27H29N3O4S/c1-18-8-7-11-24(19(18)2)28-27(32)25(16-21-9-5-4-6-10-21)29-35(33,34)23-12-13-26-22(17-23)14-15-30(26)20(3)31/h4-13,17,25,29H,14-16H2,1-3H3,(H,28,32)/t25-/m0/s1. The molecule has 1 aliphatic heterocycles. The Hall–Kier alpha value is -3.49. The van der Waals surface area contributed by atoms with E-state index in [0.717, 1.165) is 27.9 Å². The third-order valence-electron chi connectivity index (χ3n) is 6.40. The molecular weight excluding hydrogens is 462 g/mol. The normalized spacial score (nSPS) is 13.9. The second-order valence-electron chi connectivity index (χ2n) is 8.81. The van der Waals surface area contributed by atoms with Gasteiger partial charge in [0.25, 0.3) is 0 Å². The molecule has 0 radical (unpaired) electrons. The molecule has 0 saturated heterocycles. The lowest BCUT2D eigenvalue weighted by Gasteiger charge is -2.20. The maximum Gasteiger partial charge on any atom is 0.242 e. The van der Waals surface area contributed by atoms with Crippen molar-refractivity contribution in [2.75, 3.05) is 16.8 Å². The van der Waals surface area contributed by atoms with Gasteiger partial charge in [-0.2, -0.15) is 4.72 Å². The Morgan fingerprint density at radius 3 is 2.46 bits per heavy atom. The Labute approximate surface area is 206 Å². The predicted molar refractivity (Wildman–Crippen MR) is 137 cm³/mol. The summed E-state index contributed by atoms with van der Waals surface area (Å²) in [7, 11) is -4.01. The molecule has 4 rings (SSSR count). The van der Waals surface area contributed by atoms with Crippen LogP contribution in [0.5, 0.6) is 0 Å². The zero-order valence-electron chi connectivity index (χ0n) is 20.0. The van der Waals surface area contributed by atoms with Crippen LogP contribution in [-0.4, -0.2) is 32.8 Å². The van der Waals surface area contributed by atoms with Crippen LogP contribution in [0.1, 0.15) is 29.2 Å². The molecule has 0 saturated carbocycles. The zero-order valence-corrected chi connectivity index (χ0v) is 20.9. The molecule has 3 aromatic rings. The van der Waals surface area contributed by atoms with E-state index in [2.05, 4.69) is 10.0 Å². The molecule has 2 amide bonds. The van der Waals surface area contributed by atoms with Crippen molar-refractivity contribution in [2.24, 2.45) is 0 Å². The molecule has 1 heterocycles. The summed E-state index contributed by atoms with van der Waals surface area (Å²) in [6, 6.07) is 18.6.